The molecule has 3 atom stereocenters. The number of carbonyl (C=O) groups excluding carboxylic acids is 2. The smallest absolute Gasteiger partial charge is 0.310 e. The zero-order chi connectivity index (χ0) is 15.3. The molecule has 1 saturated carbocycles. The molecule has 0 radical (unpaired) electrons. The first-order valence-corrected chi connectivity index (χ1v) is 8.11. The fourth-order valence-electron chi connectivity index (χ4n) is 3.40. The largest absolute Gasteiger partial charge is 0.469 e. The molecule has 0 aromatic heterocycles. The lowest BCUT2D eigenvalue weighted by atomic mass is 9.71. The van der Waals surface area contributed by atoms with Crippen LogP contribution in [0, 0.1) is 5.92 Å². The van der Waals surface area contributed by atoms with Crippen molar-refractivity contribution in [2.24, 2.45) is 5.92 Å². The maximum atomic E-state index is 12.0. The van der Waals surface area contributed by atoms with E-state index in [0.29, 0.717) is 12.8 Å². The van der Waals surface area contributed by atoms with Crippen LogP contribution >= 0.6 is 0 Å². The molecule has 5 nitrogen and oxygen atoms in total. The van der Waals surface area contributed by atoms with Crippen LogP contribution in [0.4, 0.5) is 0 Å². The number of methoxy groups -OCH3 is 1. The van der Waals surface area contributed by atoms with Crippen molar-refractivity contribution in [3.8, 4) is 0 Å². The Hall–Kier alpha value is -1.10. The van der Waals surface area contributed by atoms with E-state index in [4.69, 9.17) is 9.47 Å². The lowest BCUT2D eigenvalue weighted by Crippen LogP contribution is -2.56. The summed E-state index contributed by atoms with van der Waals surface area (Å²) in [5.74, 6) is -0.463. The highest BCUT2D eigenvalue weighted by Gasteiger charge is 2.48. The Morgan fingerprint density at radius 1 is 1.33 bits per heavy atom. The van der Waals surface area contributed by atoms with Crippen LogP contribution in [0.5, 0.6) is 0 Å². The van der Waals surface area contributed by atoms with E-state index in [2.05, 4.69) is 12.2 Å². The number of ether oxygens (including phenoxy) is 2. The first kappa shape index (κ1) is 16.3. The van der Waals surface area contributed by atoms with Crippen molar-refractivity contribution in [3.63, 3.8) is 0 Å². The molecule has 1 saturated heterocycles. The van der Waals surface area contributed by atoms with Gasteiger partial charge >= 0.3 is 5.97 Å². The molecule has 1 aliphatic carbocycles. The number of esters is 1. The standard InChI is InChI=1S/C16H27NO4/c1-3-4-5-6-14(18)17-13-7-8-16(9-10-21-16)11-12(13)15(19)20-2/h12-13H,3-11H2,1-2H3,(H,17,18)/t12-,13+,16?/m0/s1. The summed E-state index contributed by atoms with van der Waals surface area (Å²) in [5, 5.41) is 3.03. The van der Waals surface area contributed by atoms with E-state index in [9.17, 15) is 9.59 Å². The minimum Gasteiger partial charge on any atom is -0.469 e. The Kier molecular flexibility index (Phi) is 5.62. The van der Waals surface area contributed by atoms with E-state index in [1.807, 2.05) is 0 Å². The molecular weight excluding hydrogens is 270 g/mol. The lowest BCUT2D eigenvalue weighted by Gasteiger charge is -2.49. The number of carbonyl (C=O) groups is 2. The zero-order valence-electron chi connectivity index (χ0n) is 13.2. The predicted octanol–water partition coefficient (Wildman–Crippen LogP) is 2.18. The van der Waals surface area contributed by atoms with Crippen molar-refractivity contribution in [1.29, 1.82) is 0 Å². The van der Waals surface area contributed by atoms with E-state index in [0.717, 1.165) is 45.1 Å². The highest BCUT2D eigenvalue weighted by Crippen LogP contribution is 2.43. The summed E-state index contributed by atoms with van der Waals surface area (Å²) >= 11 is 0. The second-order valence-electron chi connectivity index (χ2n) is 6.29. The van der Waals surface area contributed by atoms with Crippen LogP contribution in [-0.2, 0) is 19.1 Å². The van der Waals surface area contributed by atoms with Crippen LogP contribution in [0.2, 0.25) is 0 Å². The summed E-state index contributed by atoms with van der Waals surface area (Å²) in [6.07, 6.45) is 7.00. The van der Waals surface area contributed by atoms with Crippen molar-refractivity contribution in [2.45, 2.75) is 69.9 Å². The number of rotatable bonds is 6. The number of hydrogen-bond acceptors (Lipinski definition) is 4. The average Bonchev–Trinajstić information content (AvgIpc) is 2.45. The van der Waals surface area contributed by atoms with Gasteiger partial charge in [0.05, 0.1) is 25.2 Å². The molecule has 0 aromatic rings. The van der Waals surface area contributed by atoms with Crippen molar-refractivity contribution in [2.75, 3.05) is 13.7 Å². The summed E-state index contributed by atoms with van der Waals surface area (Å²) in [6.45, 7) is 2.90. The summed E-state index contributed by atoms with van der Waals surface area (Å²) in [6, 6.07) is -0.110. The number of unbranched alkanes of at least 4 members (excludes halogenated alkanes) is 2. The molecule has 2 aliphatic rings. The second kappa shape index (κ2) is 7.25. The molecule has 0 bridgehead atoms. The van der Waals surface area contributed by atoms with Gasteiger partial charge in [0.1, 0.15) is 0 Å². The molecule has 2 fully saturated rings. The van der Waals surface area contributed by atoms with Gasteiger partial charge in [0.2, 0.25) is 5.91 Å². The summed E-state index contributed by atoms with van der Waals surface area (Å²) in [4.78, 5) is 24.0. The van der Waals surface area contributed by atoms with Crippen LogP contribution in [-0.4, -0.2) is 37.2 Å². The maximum Gasteiger partial charge on any atom is 0.310 e. The van der Waals surface area contributed by atoms with Crippen molar-refractivity contribution in [1.82, 2.24) is 5.32 Å². The van der Waals surface area contributed by atoms with Gasteiger partial charge in [0.15, 0.2) is 0 Å². The van der Waals surface area contributed by atoms with Crippen LogP contribution in [0.25, 0.3) is 0 Å². The van der Waals surface area contributed by atoms with Gasteiger partial charge in [0.25, 0.3) is 0 Å². The molecular formula is C16H27NO4. The van der Waals surface area contributed by atoms with Crippen LogP contribution in [0.15, 0.2) is 0 Å². The zero-order valence-corrected chi connectivity index (χ0v) is 13.2. The first-order valence-electron chi connectivity index (χ1n) is 8.11. The Labute approximate surface area is 126 Å². The topological polar surface area (TPSA) is 64.6 Å². The van der Waals surface area contributed by atoms with Gasteiger partial charge in [-0.3, -0.25) is 9.59 Å². The monoisotopic (exact) mass is 297 g/mol. The highest BCUT2D eigenvalue weighted by atomic mass is 16.5. The molecule has 5 heteroatoms. The fraction of sp³-hybridized carbons (Fsp3) is 0.875. The Balaban J connectivity index is 1.90. The van der Waals surface area contributed by atoms with E-state index in [-0.39, 0.29) is 29.4 Å². The third kappa shape index (κ3) is 3.96. The first-order chi connectivity index (χ1) is 10.1. The molecule has 2 rings (SSSR count). The van der Waals surface area contributed by atoms with E-state index in [1.165, 1.54) is 7.11 Å². The number of hydrogen-bond donors (Lipinski definition) is 1. The van der Waals surface area contributed by atoms with Gasteiger partial charge in [0, 0.05) is 12.5 Å². The quantitative estimate of drug-likeness (QED) is 0.603. The summed E-state index contributed by atoms with van der Waals surface area (Å²) in [5.41, 5.74) is -0.137. The van der Waals surface area contributed by atoms with Gasteiger partial charge in [-0.05, 0) is 32.1 Å². The maximum absolute atomic E-state index is 12.0. The second-order valence-corrected chi connectivity index (χ2v) is 6.29. The van der Waals surface area contributed by atoms with Crippen LogP contribution in [0.1, 0.15) is 58.3 Å². The molecule has 1 aliphatic heterocycles. The van der Waals surface area contributed by atoms with Gasteiger partial charge in [-0.2, -0.15) is 0 Å². The minimum absolute atomic E-state index is 0.0489. The lowest BCUT2D eigenvalue weighted by molar-refractivity contribution is -0.187. The summed E-state index contributed by atoms with van der Waals surface area (Å²) < 4.78 is 10.6. The Morgan fingerprint density at radius 3 is 2.67 bits per heavy atom. The molecule has 1 amide bonds. The molecule has 1 N–H and O–H groups in total. The molecule has 1 heterocycles. The Morgan fingerprint density at radius 2 is 2.10 bits per heavy atom. The third-order valence-corrected chi connectivity index (χ3v) is 4.81. The molecule has 0 aromatic carbocycles. The average molecular weight is 297 g/mol. The van der Waals surface area contributed by atoms with Gasteiger partial charge in [-0.15, -0.1) is 0 Å². The van der Waals surface area contributed by atoms with Crippen LogP contribution in [0.3, 0.4) is 0 Å². The normalized spacial score (nSPS) is 31.5. The fourth-order valence-corrected chi connectivity index (χ4v) is 3.40. The third-order valence-electron chi connectivity index (χ3n) is 4.81. The van der Waals surface area contributed by atoms with Crippen molar-refractivity contribution < 1.29 is 19.1 Å². The molecule has 1 spiro atoms. The SMILES string of the molecule is CCCCCC(=O)N[C@@H]1CCC2(CCO2)C[C@@H]1C(=O)OC. The predicted molar refractivity (Wildman–Crippen MR) is 78.7 cm³/mol. The molecule has 120 valence electrons. The van der Waals surface area contributed by atoms with Gasteiger partial charge in [-0.25, -0.2) is 0 Å². The van der Waals surface area contributed by atoms with E-state index >= 15 is 0 Å². The highest BCUT2D eigenvalue weighted by molar-refractivity contribution is 5.78. The van der Waals surface area contributed by atoms with E-state index < -0.39 is 0 Å². The van der Waals surface area contributed by atoms with Crippen molar-refractivity contribution >= 4 is 11.9 Å². The number of amides is 1. The Bertz CT molecular complexity index is 378. The van der Waals surface area contributed by atoms with Crippen molar-refractivity contribution in [3.05, 3.63) is 0 Å². The van der Waals surface area contributed by atoms with Gasteiger partial charge in [-0.1, -0.05) is 19.8 Å². The molecule has 21 heavy (non-hydrogen) atoms. The molecule has 1 unspecified atom stereocenters. The van der Waals surface area contributed by atoms with Gasteiger partial charge < -0.3 is 14.8 Å². The minimum atomic E-state index is -0.279. The van der Waals surface area contributed by atoms with Crippen LogP contribution < -0.4 is 5.32 Å². The summed E-state index contributed by atoms with van der Waals surface area (Å²) in [7, 11) is 1.41. The number of nitrogens with one attached hydrogen (secondary N) is 1. The van der Waals surface area contributed by atoms with E-state index in [1.54, 1.807) is 0 Å².